The summed E-state index contributed by atoms with van der Waals surface area (Å²) in [5.41, 5.74) is 3.91. The maximum absolute atomic E-state index is 12.9. The van der Waals surface area contributed by atoms with E-state index >= 15 is 0 Å². The van der Waals surface area contributed by atoms with Gasteiger partial charge in [0.05, 0.1) is 11.2 Å². The van der Waals surface area contributed by atoms with Gasteiger partial charge in [0, 0.05) is 36.3 Å². The Morgan fingerprint density at radius 1 is 0.927 bits per heavy atom. The number of aromatic nitrogens is 1. The van der Waals surface area contributed by atoms with Gasteiger partial charge in [0.2, 0.25) is 0 Å². The van der Waals surface area contributed by atoms with E-state index in [1.807, 2.05) is 60.7 Å². The number of rotatable bonds is 10. The van der Waals surface area contributed by atoms with Crippen molar-refractivity contribution >= 4 is 16.9 Å². The van der Waals surface area contributed by atoms with Crippen LogP contribution in [0.1, 0.15) is 61.4 Å². The van der Waals surface area contributed by atoms with Crippen LogP contribution < -0.4 is 9.47 Å². The highest BCUT2D eigenvalue weighted by atomic mass is 16.6. The highest BCUT2D eigenvalue weighted by molar-refractivity contribution is 5.78. The summed E-state index contributed by atoms with van der Waals surface area (Å²) in [5, 5.41) is 1.11. The summed E-state index contributed by atoms with van der Waals surface area (Å²) in [7, 11) is 0. The minimum atomic E-state index is -0.342. The maximum atomic E-state index is 12.9. The SMILES string of the molecule is O=C(CCCN1CCCCC1)OC1CC(Cc2ccccc2)Oc2cc(OCc3ccc4ccccc4n3)ccc21. The molecule has 212 valence electrons. The number of piperidine rings is 1. The van der Waals surface area contributed by atoms with E-state index in [0.717, 1.165) is 54.6 Å². The molecule has 6 nitrogen and oxygen atoms in total. The average Bonchev–Trinajstić information content (AvgIpc) is 3.01. The van der Waals surface area contributed by atoms with Crippen molar-refractivity contribution in [3.05, 3.63) is 102 Å². The molecule has 3 aromatic carbocycles. The summed E-state index contributed by atoms with van der Waals surface area (Å²) in [6.45, 7) is 3.60. The number of para-hydroxylation sites is 1. The molecule has 0 radical (unpaired) electrons. The van der Waals surface area contributed by atoms with Crippen LogP contribution in [-0.4, -0.2) is 41.6 Å². The van der Waals surface area contributed by atoms with Crippen LogP contribution in [0.5, 0.6) is 11.5 Å². The van der Waals surface area contributed by atoms with Gasteiger partial charge in [0.15, 0.2) is 0 Å². The Labute approximate surface area is 242 Å². The van der Waals surface area contributed by atoms with E-state index in [1.165, 1.54) is 24.8 Å². The van der Waals surface area contributed by atoms with E-state index in [0.29, 0.717) is 30.9 Å². The molecule has 6 rings (SSSR count). The third kappa shape index (κ3) is 7.25. The van der Waals surface area contributed by atoms with Crippen LogP contribution in [0.2, 0.25) is 0 Å². The van der Waals surface area contributed by atoms with Crippen molar-refractivity contribution in [1.82, 2.24) is 9.88 Å². The molecule has 2 aliphatic heterocycles. The molecule has 0 amide bonds. The van der Waals surface area contributed by atoms with Crippen LogP contribution in [-0.2, 0) is 22.6 Å². The first-order valence-electron chi connectivity index (χ1n) is 14.9. The zero-order valence-electron chi connectivity index (χ0n) is 23.5. The second-order valence-corrected chi connectivity index (χ2v) is 11.1. The van der Waals surface area contributed by atoms with Crippen molar-refractivity contribution in [3.8, 4) is 11.5 Å². The highest BCUT2D eigenvalue weighted by Gasteiger charge is 2.31. The van der Waals surface area contributed by atoms with Gasteiger partial charge in [-0.3, -0.25) is 4.79 Å². The molecule has 6 heteroatoms. The fourth-order valence-electron chi connectivity index (χ4n) is 5.87. The number of likely N-dealkylation sites (tertiary alicyclic amines) is 1. The summed E-state index contributed by atoms with van der Waals surface area (Å²) in [5.74, 6) is 1.28. The van der Waals surface area contributed by atoms with E-state index in [2.05, 4.69) is 29.2 Å². The molecule has 0 N–H and O–H groups in total. The molecule has 3 heterocycles. The first-order valence-corrected chi connectivity index (χ1v) is 14.9. The lowest BCUT2D eigenvalue weighted by Gasteiger charge is -2.32. The summed E-state index contributed by atoms with van der Waals surface area (Å²) < 4.78 is 18.7. The van der Waals surface area contributed by atoms with Gasteiger partial charge in [-0.2, -0.15) is 0 Å². The number of carbonyl (C=O) groups excluding carboxylic acids is 1. The summed E-state index contributed by atoms with van der Waals surface area (Å²) in [4.78, 5) is 20.1. The Bertz CT molecular complexity index is 1450. The first kappa shape index (κ1) is 27.3. The van der Waals surface area contributed by atoms with Crippen LogP contribution in [0, 0.1) is 0 Å². The molecule has 1 aromatic heterocycles. The van der Waals surface area contributed by atoms with Crippen LogP contribution >= 0.6 is 0 Å². The number of ether oxygens (including phenoxy) is 3. The summed E-state index contributed by atoms with van der Waals surface area (Å²) >= 11 is 0. The van der Waals surface area contributed by atoms with Gasteiger partial charge in [-0.15, -0.1) is 0 Å². The fourth-order valence-corrected chi connectivity index (χ4v) is 5.87. The predicted octanol–water partition coefficient (Wildman–Crippen LogP) is 7.06. The van der Waals surface area contributed by atoms with Crippen molar-refractivity contribution in [2.75, 3.05) is 19.6 Å². The lowest BCUT2D eigenvalue weighted by molar-refractivity contribution is -0.152. The minimum absolute atomic E-state index is 0.103. The number of benzene rings is 3. The van der Waals surface area contributed by atoms with Crippen molar-refractivity contribution < 1.29 is 19.0 Å². The van der Waals surface area contributed by atoms with Crippen LogP contribution in [0.25, 0.3) is 10.9 Å². The Morgan fingerprint density at radius 2 is 1.76 bits per heavy atom. The second-order valence-electron chi connectivity index (χ2n) is 11.1. The molecule has 2 aliphatic rings. The van der Waals surface area contributed by atoms with Crippen LogP contribution in [0.3, 0.4) is 0 Å². The van der Waals surface area contributed by atoms with Gasteiger partial charge in [0.25, 0.3) is 0 Å². The molecule has 2 unspecified atom stereocenters. The van der Waals surface area contributed by atoms with Crippen molar-refractivity contribution in [2.45, 2.75) is 63.8 Å². The maximum Gasteiger partial charge on any atom is 0.306 e. The first-order chi connectivity index (χ1) is 20.2. The number of fused-ring (bicyclic) bond motifs is 2. The molecule has 1 fully saturated rings. The molecular formula is C35H38N2O4. The van der Waals surface area contributed by atoms with Gasteiger partial charge < -0.3 is 19.1 Å². The minimum Gasteiger partial charge on any atom is -0.489 e. The van der Waals surface area contributed by atoms with Crippen molar-refractivity contribution in [2.24, 2.45) is 0 Å². The summed E-state index contributed by atoms with van der Waals surface area (Å²) in [6, 6.07) is 28.3. The lowest BCUT2D eigenvalue weighted by Crippen LogP contribution is -2.31. The fraction of sp³-hybridized carbons (Fsp3) is 0.371. The Balaban J connectivity index is 1.13. The van der Waals surface area contributed by atoms with E-state index in [4.69, 9.17) is 19.2 Å². The number of nitrogens with zero attached hydrogens (tertiary/aromatic N) is 2. The molecule has 0 bridgehead atoms. The molecular weight excluding hydrogens is 512 g/mol. The Hall–Kier alpha value is -3.90. The van der Waals surface area contributed by atoms with Crippen LogP contribution in [0.4, 0.5) is 0 Å². The Kier molecular flexibility index (Phi) is 8.77. The number of esters is 1. The standard InChI is InChI=1S/C35H38N2O4/c38-35(14-9-21-37-19-7-2-8-20-37)41-34-24-30(22-26-10-3-1-4-11-26)40-33-23-29(17-18-31(33)34)39-25-28-16-15-27-12-5-6-13-32(27)36-28/h1,3-6,10-13,15-18,23,30,34H,2,7-9,14,19-22,24-25H2. The summed E-state index contributed by atoms with van der Waals surface area (Å²) in [6.07, 6.45) is 6.03. The van der Waals surface area contributed by atoms with Gasteiger partial charge >= 0.3 is 5.97 Å². The number of pyridine rings is 1. The third-order valence-electron chi connectivity index (χ3n) is 8.03. The van der Waals surface area contributed by atoms with Gasteiger partial charge in [-0.05, 0) is 68.7 Å². The monoisotopic (exact) mass is 550 g/mol. The topological polar surface area (TPSA) is 60.9 Å². The van der Waals surface area contributed by atoms with Gasteiger partial charge in [-0.1, -0.05) is 61.0 Å². The number of carbonyl (C=O) groups is 1. The zero-order chi connectivity index (χ0) is 27.9. The van der Waals surface area contributed by atoms with Gasteiger partial charge in [0.1, 0.15) is 30.3 Å². The number of hydrogen-bond acceptors (Lipinski definition) is 6. The number of hydrogen-bond donors (Lipinski definition) is 0. The molecule has 1 saturated heterocycles. The van der Waals surface area contributed by atoms with E-state index < -0.39 is 0 Å². The van der Waals surface area contributed by atoms with Crippen molar-refractivity contribution in [3.63, 3.8) is 0 Å². The van der Waals surface area contributed by atoms with Gasteiger partial charge in [-0.25, -0.2) is 4.98 Å². The Morgan fingerprint density at radius 3 is 2.63 bits per heavy atom. The smallest absolute Gasteiger partial charge is 0.306 e. The predicted molar refractivity (Wildman–Crippen MR) is 160 cm³/mol. The molecule has 4 aromatic rings. The van der Waals surface area contributed by atoms with E-state index in [9.17, 15) is 4.79 Å². The molecule has 41 heavy (non-hydrogen) atoms. The second kappa shape index (κ2) is 13.2. The van der Waals surface area contributed by atoms with E-state index in [-0.39, 0.29) is 18.2 Å². The molecule has 2 atom stereocenters. The highest BCUT2D eigenvalue weighted by Crippen LogP contribution is 2.40. The zero-order valence-corrected chi connectivity index (χ0v) is 23.5. The lowest BCUT2D eigenvalue weighted by atomic mass is 9.95. The third-order valence-corrected chi connectivity index (χ3v) is 8.03. The quantitative estimate of drug-likeness (QED) is 0.197. The molecule has 0 aliphatic carbocycles. The molecule has 0 spiro atoms. The average molecular weight is 551 g/mol. The van der Waals surface area contributed by atoms with E-state index in [1.54, 1.807) is 0 Å². The van der Waals surface area contributed by atoms with Crippen LogP contribution in [0.15, 0.2) is 84.9 Å². The normalized spacial score (nSPS) is 18.8. The molecule has 0 saturated carbocycles. The van der Waals surface area contributed by atoms with Crippen molar-refractivity contribution in [1.29, 1.82) is 0 Å². The largest absolute Gasteiger partial charge is 0.489 e.